The number of benzene rings is 1. The van der Waals surface area contributed by atoms with Crippen molar-refractivity contribution in [1.82, 2.24) is 5.43 Å². The Hall–Kier alpha value is -0.350. The summed E-state index contributed by atoms with van der Waals surface area (Å²) in [6.07, 6.45) is 1.87. The molecule has 0 radical (unpaired) electrons. The average molecular weight is 304 g/mol. The second-order valence-corrected chi connectivity index (χ2v) is 5.15. The Morgan fingerprint density at radius 1 is 1.62 bits per heavy atom. The SMILES string of the molecule is C=C(C)CCC(NN)c1ccc(Br)c(Cl)c1. The molecular weight excluding hydrogens is 288 g/mol. The largest absolute Gasteiger partial charge is 0.271 e. The molecule has 0 aliphatic heterocycles. The van der Waals surface area contributed by atoms with Crippen molar-refractivity contribution in [2.75, 3.05) is 0 Å². The van der Waals surface area contributed by atoms with Gasteiger partial charge in [-0.3, -0.25) is 11.3 Å². The lowest BCUT2D eigenvalue weighted by atomic mass is 10.0. The van der Waals surface area contributed by atoms with Crippen LogP contribution in [0.4, 0.5) is 0 Å². The standard InChI is InChI=1S/C12H16BrClN2/c1-8(2)3-6-12(16-15)9-4-5-10(13)11(14)7-9/h4-5,7,12,16H,1,3,6,15H2,2H3. The quantitative estimate of drug-likeness (QED) is 0.491. The number of rotatable bonds is 5. The first-order chi connectivity index (χ1) is 7.54. The molecule has 0 amide bonds. The first kappa shape index (κ1) is 13.7. The van der Waals surface area contributed by atoms with Gasteiger partial charge in [-0.15, -0.1) is 6.58 Å². The summed E-state index contributed by atoms with van der Waals surface area (Å²) >= 11 is 9.41. The van der Waals surface area contributed by atoms with Crippen molar-refractivity contribution >= 4 is 27.5 Å². The summed E-state index contributed by atoms with van der Waals surface area (Å²) in [4.78, 5) is 0. The molecule has 0 aliphatic rings. The van der Waals surface area contributed by atoms with Crippen LogP contribution >= 0.6 is 27.5 Å². The number of halogens is 2. The van der Waals surface area contributed by atoms with E-state index in [2.05, 4.69) is 27.9 Å². The topological polar surface area (TPSA) is 38.0 Å². The van der Waals surface area contributed by atoms with Gasteiger partial charge in [-0.05, 0) is 53.4 Å². The summed E-state index contributed by atoms with van der Waals surface area (Å²) < 4.78 is 0.897. The molecule has 1 atom stereocenters. The molecule has 1 aromatic rings. The molecule has 0 fully saturated rings. The molecule has 1 aromatic carbocycles. The zero-order chi connectivity index (χ0) is 12.1. The third-order valence-corrected chi connectivity index (χ3v) is 3.64. The fourth-order valence-electron chi connectivity index (χ4n) is 1.47. The van der Waals surface area contributed by atoms with E-state index in [9.17, 15) is 0 Å². The number of hydrogen-bond donors (Lipinski definition) is 2. The first-order valence-electron chi connectivity index (χ1n) is 5.10. The molecule has 0 aromatic heterocycles. The monoisotopic (exact) mass is 302 g/mol. The molecule has 0 heterocycles. The van der Waals surface area contributed by atoms with E-state index < -0.39 is 0 Å². The van der Waals surface area contributed by atoms with Crippen LogP contribution < -0.4 is 11.3 Å². The minimum Gasteiger partial charge on any atom is -0.271 e. The van der Waals surface area contributed by atoms with Crippen molar-refractivity contribution in [3.8, 4) is 0 Å². The van der Waals surface area contributed by atoms with Gasteiger partial charge in [-0.25, -0.2) is 0 Å². The van der Waals surface area contributed by atoms with Crippen LogP contribution in [0.15, 0.2) is 34.8 Å². The van der Waals surface area contributed by atoms with E-state index in [-0.39, 0.29) is 6.04 Å². The van der Waals surface area contributed by atoms with Crippen molar-refractivity contribution in [2.24, 2.45) is 5.84 Å². The van der Waals surface area contributed by atoms with Gasteiger partial charge in [-0.1, -0.05) is 23.2 Å². The number of allylic oxidation sites excluding steroid dienone is 1. The summed E-state index contributed by atoms with van der Waals surface area (Å²) in [7, 11) is 0. The van der Waals surface area contributed by atoms with Crippen molar-refractivity contribution in [1.29, 1.82) is 0 Å². The third kappa shape index (κ3) is 3.91. The van der Waals surface area contributed by atoms with E-state index in [0.717, 1.165) is 28.5 Å². The second-order valence-electron chi connectivity index (χ2n) is 3.89. The van der Waals surface area contributed by atoms with Crippen molar-refractivity contribution in [3.63, 3.8) is 0 Å². The molecule has 1 unspecified atom stereocenters. The highest BCUT2D eigenvalue weighted by Gasteiger charge is 2.10. The van der Waals surface area contributed by atoms with Crippen molar-refractivity contribution in [3.05, 3.63) is 45.4 Å². The lowest BCUT2D eigenvalue weighted by Crippen LogP contribution is -2.28. The molecular formula is C12H16BrClN2. The number of hydrogen-bond acceptors (Lipinski definition) is 2. The molecule has 4 heteroatoms. The van der Waals surface area contributed by atoms with E-state index >= 15 is 0 Å². The second kappa shape index (κ2) is 6.40. The summed E-state index contributed by atoms with van der Waals surface area (Å²) in [5.74, 6) is 5.54. The van der Waals surface area contributed by atoms with E-state index in [0.29, 0.717) is 5.02 Å². The Balaban J connectivity index is 2.78. The summed E-state index contributed by atoms with van der Waals surface area (Å²) in [5.41, 5.74) is 5.06. The lowest BCUT2D eigenvalue weighted by Gasteiger charge is -2.16. The fraction of sp³-hybridized carbons (Fsp3) is 0.333. The van der Waals surface area contributed by atoms with Crippen LogP contribution in [-0.4, -0.2) is 0 Å². The molecule has 3 N–H and O–H groups in total. The molecule has 88 valence electrons. The summed E-state index contributed by atoms with van der Waals surface area (Å²) in [6.45, 7) is 5.90. The summed E-state index contributed by atoms with van der Waals surface area (Å²) in [5, 5.41) is 0.702. The van der Waals surface area contributed by atoms with Gasteiger partial charge in [0.15, 0.2) is 0 Å². The Morgan fingerprint density at radius 2 is 2.31 bits per heavy atom. The average Bonchev–Trinajstić information content (AvgIpc) is 2.23. The van der Waals surface area contributed by atoms with Gasteiger partial charge in [0.2, 0.25) is 0 Å². The maximum Gasteiger partial charge on any atom is 0.0551 e. The minimum absolute atomic E-state index is 0.113. The van der Waals surface area contributed by atoms with Crippen LogP contribution in [0.25, 0.3) is 0 Å². The highest BCUT2D eigenvalue weighted by molar-refractivity contribution is 9.10. The fourth-order valence-corrected chi connectivity index (χ4v) is 1.90. The molecule has 0 spiro atoms. The molecule has 16 heavy (non-hydrogen) atoms. The third-order valence-electron chi connectivity index (χ3n) is 2.41. The number of nitrogens with two attached hydrogens (primary N) is 1. The van der Waals surface area contributed by atoms with Crippen LogP contribution in [0, 0.1) is 0 Å². The maximum absolute atomic E-state index is 6.04. The smallest absolute Gasteiger partial charge is 0.0551 e. The van der Waals surface area contributed by atoms with Crippen LogP contribution in [0.2, 0.25) is 5.02 Å². The van der Waals surface area contributed by atoms with Crippen molar-refractivity contribution < 1.29 is 0 Å². The summed E-state index contributed by atoms with van der Waals surface area (Å²) in [6, 6.07) is 5.98. The Labute approximate surface area is 110 Å². The van der Waals surface area contributed by atoms with Gasteiger partial charge in [0.05, 0.1) is 5.02 Å². The van der Waals surface area contributed by atoms with Crippen LogP contribution in [-0.2, 0) is 0 Å². The minimum atomic E-state index is 0.113. The van der Waals surface area contributed by atoms with E-state index in [1.54, 1.807) is 0 Å². The lowest BCUT2D eigenvalue weighted by molar-refractivity contribution is 0.515. The molecule has 0 bridgehead atoms. The van der Waals surface area contributed by atoms with Gasteiger partial charge < -0.3 is 0 Å². The number of hydrazine groups is 1. The van der Waals surface area contributed by atoms with Gasteiger partial charge >= 0.3 is 0 Å². The van der Waals surface area contributed by atoms with Gasteiger partial charge in [0.25, 0.3) is 0 Å². The van der Waals surface area contributed by atoms with Gasteiger partial charge in [-0.2, -0.15) is 0 Å². The van der Waals surface area contributed by atoms with E-state index in [4.69, 9.17) is 17.4 Å². The predicted octanol–water partition coefficient (Wildman–Crippen LogP) is 3.96. The zero-order valence-corrected chi connectivity index (χ0v) is 11.6. The molecule has 0 aliphatic carbocycles. The van der Waals surface area contributed by atoms with Crippen molar-refractivity contribution in [2.45, 2.75) is 25.8 Å². The Morgan fingerprint density at radius 3 is 2.81 bits per heavy atom. The van der Waals surface area contributed by atoms with E-state index in [1.165, 1.54) is 0 Å². The molecule has 0 saturated heterocycles. The van der Waals surface area contributed by atoms with E-state index in [1.807, 2.05) is 25.1 Å². The highest BCUT2D eigenvalue weighted by Crippen LogP contribution is 2.27. The molecule has 2 nitrogen and oxygen atoms in total. The molecule has 0 saturated carbocycles. The van der Waals surface area contributed by atoms with Crippen LogP contribution in [0.5, 0.6) is 0 Å². The first-order valence-corrected chi connectivity index (χ1v) is 6.27. The zero-order valence-electron chi connectivity index (χ0n) is 9.26. The Bertz CT molecular complexity index is 379. The Kier molecular flexibility index (Phi) is 5.49. The highest BCUT2D eigenvalue weighted by atomic mass is 79.9. The van der Waals surface area contributed by atoms with Crippen LogP contribution in [0.1, 0.15) is 31.4 Å². The van der Waals surface area contributed by atoms with Gasteiger partial charge in [0, 0.05) is 10.5 Å². The predicted molar refractivity (Wildman–Crippen MR) is 73.3 cm³/mol. The van der Waals surface area contributed by atoms with Gasteiger partial charge in [0.1, 0.15) is 0 Å². The number of nitrogens with one attached hydrogen (secondary N) is 1. The van der Waals surface area contributed by atoms with Crippen LogP contribution in [0.3, 0.4) is 0 Å². The normalized spacial score (nSPS) is 12.5. The molecule has 1 rings (SSSR count). The maximum atomic E-state index is 6.04.